The number of thioether (sulfide) groups is 1. The van der Waals surface area contributed by atoms with Crippen LogP contribution in [-0.2, 0) is 4.79 Å². The average Bonchev–Trinajstić information content (AvgIpc) is 2.33. The smallest absolute Gasteiger partial charge is 0.243 e. The Morgan fingerprint density at radius 3 is 2.55 bits per heavy atom. The molecule has 106 valence electrons. The van der Waals surface area contributed by atoms with E-state index in [1.165, 1.54) is 11.8 Å². The molecule has 0 atom stereocenters. The van der Waals surface area contributed by atoms with Gasteiger partial charge < -0.3 is 4.90 Å². The highest BCUT2D eigenvalue weighted by Gasteiger charge is 2.39. The van der Waals surface area contributed by atoms with E-state index in [0.717, 1.165) is 16.2 Å². The fraction of sp³-hybridized carbons (Fsp3) is 0.375. The van der Waals surface area contributed by atoms with E-state index in [1.54, 1.807) is 17.9 Å². The number of rotatable bonds is 3. The molecule has 0 fully saturated rings. The summed E-state index contributed by atoms with van der Waals surface area (Å²) in [6.45, 7) is 11.7. The minimum Gasteiger partial charge on any atom is -0.306 e. The molecule has 0 saturated heterocycles. The molecule has 0 unspecified atom stereocenters. The van der Waals surface area contributed by atoms with Gasteiger partial charge in [0.05, 0.1) is 10.4 Å². The van der Waals surface area contributed by atoms with Crippen molar-refractivity contribution in [3.8, 4) is 0 Å². The maximum absolute atomic E-state index is 12.6. The van der Waals surface area contributed by atoms with Gasteiger partial charge in [0.25, 0.3) is 0 Å². The minimum absolute atomic E-state index is 0.0366. The SMILES string of the molecule is C=C(C)CN1C(=O)C(C)(C)Sc2cc(C(C)=O)ccc21. The standard InChI is InChI=1S/C16H19NO2S/c1-10(2)9-17-13-7-6-12(11(3)18)8-14(13)20-16(4,5)15(17)19/h6-8H,1,9H2,2-5H3. The third kappa shape index (κ3) is 2.66. The van der Waals surface area contributed by atoms with Gasteiger partial charge in [-0.05, 0) is 45.9 Å². The third-order valence-electron chi connectivity index (χ3n) is 3.21. The van der Waals surface area contributed by atoms with E-state index in [2.05, 4.69) is 6.58 Å². The highest BCUT2D eigenvalue weighted by atomic mass is 32.2. The van der Waals surface area contributed by atoms with Crippen molar-refractivity contribution in [3.05, 3.63) is 35.9 Å². The molecule has 0 radical (unpaired) electrons. The lowest BCUT2D eigenvalue weighted by Gasteiger charge is -2.38. The molecule has 3 nitrogen and oxygen atoms in total. The topological polar surface area (TPSA) is 37.4 Å². The Labute approximate surface area is 124 Å². The van der Waals surface area contributed by atoms with Crippen molar-refractivity contribution in [3.63, 3.8) is 0 Å². The molecule has 0 saturated carbocycles. The second kappa shape index (κ2) is 5.09. The monoisotopic (exact) mass is 289 g/mol. The zero-order valence-electron chi connectivity index (χ0n) is 12.3. The number of carbonyl (C=O) groups excluding carboxylic acids is 2. The molecule has 0 aromatic heterocycles. The number of Topliss-reactive ketones (excluding diaryl/α,β-unsaturated/α-hetero) is 1. The normalized spacial score (nSPS) is 16.8. The van der Waals surface area contributed by atoms with Gasteiger partial charge in [-0.3, -0.25) is 9.59 Å². The van der Waals surface area contributed by atoms with Crippen LogP contribution in [-0.4, -0.2) is 23.0 Å². The lowest BCUT2D eigenvalue weighted by atomic mass is 10.1. The number of hydrogen-bond acceptors (Lipinski definition) is 3. The Bertz CT molecular complexity index is 604. The Morgan fingerprint density at radius 1 is 1.35 bits per heavy atom. The summed E-state index contributed by atoms with van der Waals surface area (Å²) < 4.78 is -0.530. The van der Waals surface area contributed by atoms with Crippen molar-refractivity contribution in [1.29, 1.82) is 0 Å². The predicted octanol–water partition coefficient (Wildman–Crippen LogP) is 3.68. The van der Waals surface area contributed by atoms with E-state index >= 15 is 0 Å². The van der Waals surface area contributed by atoms with Crippen molar-refractivity contribution in [2.45, 2.75) is 37.3 Å². The molecule has 0 spiro atoms. The summed E-state index contributed by atoms with van der Waals surface area (Å²) in [7, 11) is 0. The van der Waals surface area contributed by atoms with Crippen molar-refractivity contribution in [1.82, 2.24) is 0 Å². The van der Waals surface area contributed by atoms with Crippen LogP contribution in [0.3, 0.4) is 0 Å². The van der Waals surface area contributed by atoms with Crippen LogP contribution in [0.15, 0.2) is 35.2 Å². The first-order valence-electron chi connectivity index (χ1n) is 6.53. The molecule has 0 bridgehead atoms. The molecule has 0 N–H and O–H groups in total. The molecule has 2 rings (SSSR count). The average molecular weight is 289 g/mol. The zero-order chi connectivity index (χ0) is 15.1. The van der Waals surface area contributed by atoms with Crippen molar-refractivity contribution >= 4 is 29.1 Å². The van der Waals surface area contributed by atoms with Gasteiger partial charge in [-0.2, -0.15) is 0 Å². The van der Waals surface area contributed by atoms with Gasteiger partial charge >= 0.3 is 0 Å². The molecule has 1 aromatic carbocycles. The summed E-state index contributed by atoms with van der Waals surface area (Å²) in [5.41, 5.74) is 2.48. The molecule has 0 aliphatic carbocycles. The van der Waals surface area contributed by atoms with E-state index in [4.69, 9.17) is 0 Å². The number of nitrogens with zero attached hydrogens (tertiary/aromatic N) is 1. The van der Waals surface area contributed by atoms with Crippen molar-refractivity contribution in [2.24, 2.45) is 0 Å². The molecule has 1 amide bonds. The molecular formula is C16H19NO2S. The number of benzene rings is 1. The van der Waals surface area contributed by atoms with Crippen LogP contribution in [0.25, 0.3) is 0 Å². The highest BCUT2D eigenvalue weighted by Crippen LogP contribution is 2.45. The number of anilines is 1. The van der Waals surface area contributed by atoms with Crippen LogP contribution in [0.4, 0.5) is 5.69 Å². The lowest BCUT2D eigenvalue weighted by Crippen LogP contribution is -2.47. The molecule has 1 aliphatic heterocycles. The second-order valence-corrected chi connectivity index (χ2v) is 7.36. The molecule has 20 heavy (non-hydrogen) atoms. The first kappa shape index (κ1) is 14.9. The first-order chi connectivity index (χ1) is 9.22. The van der Waals surface area contributed by atoms with E-state index in [0.29, 0.717) is 12.1 Å². The summed E-state index contributed by atoms with van der Waals surface area (Å²) in [6.07, 6.45) is 0. The maximum Gasteiger partial charge on any atom is 0.243 e. The van der Waals surface area contributed by atoms with Crippen LogP contribution < -0.4 is 4.90 Å². The Hall–Kier alpha value is -1.55. The highest BCUT2D eigenvalue weighted by molar-refractivity contribution is 8.01. The number of hydrogen-bond donors (Lipinski definition) is 0. The minimum atomic E-state index is -0.530. The fourth-order valence-electron chi connectivity index (χ4n) is 2.22. The van der Waals surface area contributed by atoms with Crippen molar-refractivity contribution < 1.29 is 9.59 Å². The summed E-state index contributed by atoms with van der Waals surface area (Å²) >= 11 is 1.51. The van der Waals surface area contributed by atoms with Gasteiger partial charge in [0.2, 0.25) is 5.91 Å². The van der Waals surface area contributed by atoms with E-state index in [-0.39, 0.29) is 11.7 Å². The van der Waals surface area contributed by atoms with Crippen LogP contribution in [0.1, 0.15) is 38.1 Å². The summed E-state index contributed by atoms with van der Waals surface area (Å²) in [5, 5.41) is 0. The Kier molecular flexibility index (Phi) is 3.78. The van der Waals surface area contributed by atoms with Gasteiger partial charge in [-0.15, -0.1) is 11.8 Å². The Morgan fingerprint density at radius 2 is 2.00 bits per heavy atom. The van der Waals surface area contributed by atoms with Crippen LogP contribution in [0.2, 0.25) is 0 Å². The predicted molar refractivity (Wildman–Crippen MR) is 83.5 cm³/mol. The number of carbonyl (C=O) groups is 2. The summed E-state index contributed by atoms with van der Waals surface area (Å²) in [4.78, 5) is 26.8. The van der Waals surface area contributed by atoms with Gasteiger partial charge in [0.1, 0.15) is 0 Å². The summed E-state index contributed by atoms with van der Waals surface area (Å²) in [6, 6.07) is 5.51. The van der Waals surface area contributed by atoms with E-state index in [1.807, 2.05) is 32.9 Å². The van der Waals surface area contributed by atoms with Crippen LogP contribution in [0, 0.1) is 0 Å². The van der Waals surface area contributed by atoms with Crippen LogP contribution in [0.5, 0.6) is 0 Å². The third-order valence-corrected chi connectivity index (χ3v) is 4.44. The van der Waals surface area contributed by atoms with Crippen molar-refractivity contribution in [2.75, 3.05) is 11.4 Å². The zero-order valence-corrected chi connectivity index (χ0v) is 13.1. The number of fused-ring (bicyclic) bond motifs is 1. The molecule has 1 aromatic rings. The first-order valence-corrected chi connectivity index (χ1v) is 7.34. The van der Waals surface area contributed by atoms with E-state index < -0.39 is 4.75 Å². The lowest BCUT2D eigenvalue weighted by molar-refractivity contribution is -0.120. The van der Waals surface area contributed by atoms with Gasteiger partial charge in [0.15, 0.2) is 5.78 Å². The maximum atomic E-state index is 12.6. The van der Waals surface area contributed by atoms with Crippen LogP contribution >= 0.6 is 11.8 Å². The summed E-state index contributed by atoms with van der Waals surface area (Å²) in [5.74, 6) is 0.114. The quantitative estimate of drug-likeness (QED) is 0.629. The number of amides is 1. The van der Waals surface area contributed by atoms with Gasteiger partial charge in [-0.25, -0.2) is 0 Å². The van der Waals surface area contributed by atoms with Gasteiger partial charge in [-0.1, -0.05) is 12.2 Å². The Balaban J connectivity index is 2.54. The van der Waals surface area contributed by atoms with E-state index in [9.17, 15) is 9.59 Å². The number of ketones is 1. The molecule has 1 heterocycles. The largest absolute Gasteiger partial charge is 0.306 e. The molecule has 1 aliphatic rings. The molecular weight excluding hydrogens is 270 g/mol. The molecule has 4 heteroatoms. The fourth-order valence-corrected chi connectivity index (χ4v) is 3.43. The van der Waals surface area contributed by atoms with Gasteiger partial charge in [0, 0.05) is 17.0 Å². The second-order valence-electron chi connectivity index (χ2n) is 5.70.